The topological polar surface area (TPSA) is 97.0 Å². The molecule has 1 aliphatic heterocycles. The minimum absolute atomic E-state index is 0.125. The van der Waals surface area contributed by atoms with E-state index in [1.54, 1.807) is 43.2 Å². The number of rotatable bonds is 7. The Hall–Kier alpha value is -2.68. The summed E-state index contributed by atoms with van der Waals surface area (Å²) >= 11 is 5.34. The molecule has 2 unspecified atom stereocenters. The van der Waals surface area contributed by atoms with Crippen molar-refractivity contribution < 1.29 is 23.9 Å². The Morgan fingerprint density at radius 2 is 2.03 bits per heavy atom. The number of hydrogen-bond donors (Lipinski definition) is 2. The molecular weight excluding hydrogens is 394 g/mol. The van der Waals surface area contributed by atoms with Gasteiger partial charge in [-0.2, -0.15) is 0 Å². The van der Waals surface area contributed by atoms with Crippen LogP contribution in [-0.2, 0) is 25.5 Å². The highest BCUT2D eigenvalue weighted by Crippen LogP contribution is 2.13. The van der Waals surface area contributed by atoms with Gasteiger partial charge < -0.3 is 25.0 Å². The number of carbonyl (C=O) groups excluding carboxylic acids is 3. The maximum Gasteiger partial charge on any atom is 0.308 e. The van der Waals surface area contributed by atoms with Crippen LogP contribution in [0.25, 0.3) is 0 Å². The number of nitrogens with zero attached hydrogens (tertiary/aromatic N) is 1. The van der Waals surface area contributed by atoms with Crippen molar-refractivity contribution in [1.29, 1.82) is 0 Å². The number of carbonyl (C=O) groups is 3. The van der Waals surface area contributed by atoms with E-state index in [0.717, 1.165) is 5.56 Å². The van der Waals surface area contributed by atoms with Crippen LogP contribution in [0, 0.1) is 0 Å². The number of amides is 2. The van der Waals surface area contributed by atoms with Crippen molar-refractivity contribution in [1.82, 2.24) is 15.5 Å². The van der Waals surface area contributed by atoms with E-state index in [4.69, 9.17) is 21.7 Å². The first-order chi connectivity index (χ1) is 13.8. The summed E-state index contributed by atoms with van der Waals surface area (Å²) in [6, 6.07) is 6.32. The number of piperazine rings is 1. The molecule has 0 bridgehead atoms. The van der Waals surface area contributed by atoms with E-state index in [2.05, 4.69) is 10.6 Å². The maximum atomic E-state index is 12.4. The summed E-state index contributed by atoms with van der Waals surface area (Å²) in [5.74, 6) is -0.383. The van der Waals surface area contributed by atoms with E-state index >= 15 is 0 Å². The van der Waals surface area contributed by atoms with Crippen LogP contribution < -0.4 is 15.4 Å². The smallest absolute Gasteiger partial charge is 0.308 e. The van der Waals surface area contributed by atoms with Gasteiger partial charge in [0.05, 0.1) is 26.1 Å². The molecule has 1 fully saturated rings. The molecule has 1 saturated heterocycles. The second kappa shape index (κ2) is 10.8. The molecule has 2 N–H and O–H groups in total. The summed E-state index contributed by atoms with van der Waals surface area (Å²) in [5, 5.41) is 5.50. The second-order valence-electron chi connectivity index (χ2n) is 6.79. The van der Waals surface area contributed by atoms with Crippen molar-refractivity contribution in [2.75, 3.05) is 20.2 Å². The summed E-state index contributed by atoms with van der Waals surface area (Å²) in [5.41, 5.74) is 0.802. The molecule has 0 radical (unpaired) electrons. The lowest BCUT2D eigenvalue weighted by Crippen LogP contribution is -2.60. The average Bonchev–Trinajstić information content (AvgIpc) is 2.69. The summed E-state index contributed by atoms with van der Waals surface area (Å²) in [6.07, 6.45) is 0.459. The van der Waals surface area contributed by atoms with Crippen molar-refractivity contribution in [2.45, 2.75) is 45.3 Å². The fraction of sp³-hybridized carbons (Fsp3) is 0.500. The second-order valence-corrected chi connectivity index (χ2v) is 7.18. The Labute approximate surface area is 175 Å². The van der Waals surface area contributed by atoms with E-state index < -0.39 is 12.0 Å². The predicted octanol–water partition coefficient (Wildman–Crippen LogP) is 1.17. The average molecular weight is 422 g/mol. The summed E-state index contributed by atoms with van der Waals surface area (Å²) in [7, 11) is 1.57. The van der Waals surface area contributed by atoms with Gasteiger partial charge in [-0.25, -0.2) is 0 Å². The van der Waals surface area contributed by atoms with E-state index in [0.29, 0.717) is 25.3 Å². The monoisotopic (exact) mass is 421 g/mol. The lowest BCUT2D eigenvalue weighted by atomic mass is 10.1. The van der Waals surface area contributed by atoms with Crippen LogP contribution in [0.15, 0.2) is 24.3 Å². The largest absolute Gasteiger partial charge is 0.497 e. The number of benzene rings is 1. The first-order valence-electron chi connectivity index (χ1n) is 9.54. The Kier molecular flexibility index (Phi) is 8.38. The van der Waals surface area contributed by atoms with Gasteiger partial charge in [0.1, 0.15) is 11.8 Å². The Balaban J connectivity index is 1.97. The van der Waals surface area contributed by atoms with Gasteiger partial charge in [0.25, 0.3) is 0 Å². The van der Waals surface area contributed by atoms with Gasteiger partial charge in [0.2, 0.25) is 11.8 Å². The molecule has 1 aliphatic rings. The van der Waals surface area contributed by atoms with Crippen molar-refractivity contribution in [2.24, 2.45) is 0 Å². The zero-order valence-electron chi connectivity index (χ0n) is 16.9. The van der Waals surface area contributed by atoms with Crippen LogP contribution in [0.4, 0.5) is 0 Å². The predicted molar refractivity (Wildman–Crippen MR) is 111 cm³/mol. The zero-order valence-corrected chi connectivity index (χ0v) is 17.7. The molecule has 0 spiro atoms. The molecule has 2 atom stereocenters. The van der Waals surface area contributed by atoms with Crippen LogP contribution in [0.5, 0.6) is 5.75 Å². The van der Waals surface area contributed by atoms with E-state index in [-0.39, 0.29) is 35.9 Å². The molecule has 29 heavy (non-hydrogen) atoms. The molecule has 8 nitrogen and oxygen atoms in total. The third-order valence-electron chi connectivity index (χ3n) is 4.63. The molecule has 1 aromatic rings. The van der Waals surface area contributed by atoms with Gasteiger partial charge >= 0.3 is 5.97 Å². The number of thiocarbonyl (C=S) groups is 1. The number of ether oxygens (including phenoxy) is 2. The van der Waals surface area contributed by atoms with Crippen molar-refractivity contribution in [3.8, 4) is 5.75 Å². The minimum Gasteiger partial charge on any atom is -0.497 e. The van der Waals surface area contributed by atoms with Crippen molar-refractivity contribution in [3.05, 3.63) is 29.8 Å². The Morgan fingerprint density at radius 1 is 1.34 bits per heavy atom. The highest BCUT2D eigenvalue weighted by Gasteiger charge is 2.34. The third-order valence-corrected chi connectivity index (χ3v) is 4.97. The highest BCUT2D eigenvalue weighted by molar-refractivity contribution is 7.80. The van der Waals surface area contributed by atoms with E-state index in [1.165, 1.54) is 0 Å². The lowest BCUT2D eigenvalue weighted by Gasteiger charge is -2.36. The standard InChI is InChI=1S/C20H27N3O5S/c1-4-13(2)28-18(25)12-16-19(26)21-9-10-23(16)20(29)22-17(24)11-14-5-7-15(27-3)8-6-14/h5-8,13,16H,4,9-12H2,1-3H3,(H,21,26)(H,22,24,29). The summed E-state index contributed by atoms with van der Waals surface area (Å²) < 4.78 is 10.4. The first kappa shape index (κ1) is 22.6. The van der Waals surface area contributed by atoms with Crippen LogP contribution in [0.1, 0.15) is 32.3 Å². The fourth-order valence-corrected chi connectivity index (χ4v) is 3.17. The molecule has 158 valence electrons. The Bertz CT molecular complexity index is 753. The van der Waals surface area contributed by atoms with Gasteiger partial charge in [-0.15, -0.1) is 0 Å². The van der Waals surface area contributed by atoms with E-state index in [9.17, 15) is 14.4 Å². The highest BCUT2D eigenvalue weighted by atomic mass is 32.1. The molecule has 2 amide bonds. The van der Waals surface area contributed by atoms with Crippen LogP contribution in [-0.4, -0.2) is 60.1 Å². The minimum atomic E-state index is -0.811. The van der Waals surface area contributed by atoms with Crippen molar-refractivity contribution >= 4 is 35.1 Å². The molecule has 2 rings (SSSR count). The number of nitrogens with one attached hydrogen (secondary N) is 2. The number of esters is 1. The SMILES string of the molecule is CCC(C)OC(=O)CC1C(=O)NCCN1C(=S)NC(=O)Cc1ccc(OC)cc1. The zero-order chi connectivity index (χ0) is 21.4. The van der Waals surface area contributed by atoms with Gasteiger partial charge in [-0.05, 0) is 43.3 Å². The fourth-order valence-electron chi connectivity index (χ4n) is 2.84. The summed E-state index contributed by atoms with van der Waals surface area (Å²) in [6.45, 7) is 4.48. The molecular formula is C20H27N3O5S. The summed E-state index contributed by atoms with van der Waals surface area (Å²) in [4.78, 5) is 38.4. The Morgan fingerprint density at radius 3 is 2.66 bits per heavy atom. The van der Waals surface area contributed by atoms with Crippen molar-refractivity contribution in [3.63, 3.8) is 0 Å². The number of hydrogen-bond acceptors (Lipinski definition) is 6. The molecule has 0 aromatic heterocycles. The lowest BCUT2D eigenvalue weighted by molar-refractivity contribution is -0.151. The molecule has 0 aliphatic carbocycles. The number of methoxy groups -OCH3 is 1. The first-order valence-corrected chi connectivity index (χ1v) is 9.95. The van der Waals surface area contributed by atoms with Crippen LogP contribution >= 0.6 is 12.2 Å². The molecule has 1 aromatic carbocycles. The van der Waals surface area contributed by atoms with Crippen LogP contribution in [0.2, 0.25) is 0 Å². The molecule has 9 heteroatoms. The normalized spacial score (nSPS) is 17.1. The van der Waals surface area contributed by atoms with Gasteiger partial charge in [-0.3, -0.25) is 14.4 Å². The van der Waals surface area contributed by atoms with Gasteiger partial charge in [0, 0.05) is 13.1 Å². The van der Waals surface area contributed by atoms with Gasteiger partial charge in [-0.1, -0.05) is 19.1 Å². The third kappa shape index (κ3) is 6.70. The molecule has 1 heterocycles. The maximum absolute atomic E-state index is 12.4. The van der Waals surface area contributed by atoms with Gasteiger partial charge in [0.15, 0.2) is 5.11 Å². The van der Waals surface area contributed by atoms with Crippen LogP contribution in [0.3, 0.4) is 0 Å². The molecule has 0 saturated carbocycles. The van der Waals surface area contributed by atoms with E-state index in [1.807, 2.05) is 6.92 Å². The quantitative estimate of drug-likeness (QED) is 0.504.